The van der Waals surface area contributed by atoms with Crippen molar-refractivity contribution in [2.75, 3.05) is 39.4 Å². The molecule has 0 spiro atoms. The Bertz CT molecular complexity index is 1090. The number of hydrogen-bond acceptors (Lipinski definition) is 3. The molecule has 6 heteroatoms. The fraction of sp³-hybridized carbons (Fsp3) is 0.292. The Morgan fingerprint density at radius 2 is 1.73 bits per heavy atom. The number of carbonyl (C=O) groups excluding carboxylic acids is 1. The van der Waals surface area contributed by atoms with Crippen LogP contribution in [0, 0.1) is 5.82 Å². The highest BCUT2D eigenvalue weighted by molar-refractivity contribution is 6.31. The van der Waals surface area contributed by atoms with Crippen molar-refractivity contribution in [3.8, 4) is 11.1 Å². The van der Waals surface area contributed by atoms with E-state index in [1.165, 1.54) is 12.1 Å². The van der Waals surface area contributed by atoms with Gasteiger partial charge in [0.1, 0.15) is 5.82 Å². The molecule has 3 aromatic rings. The van der Waals surface area contributed by atoms with E-state index in [4.69, 9.17) is 16.3 Å². The number of morpholine rings is 1. The molecule has 0 unspecified atom stereocenters. The van der Waals surface area contributed by atoms with Gasteiger partial charge in [-0.1, -0.05) is 41.9 Å². The average molecular weight is 425 g/mol. The first kappa shape index (κ1) is 19.5. The monoisotopic (exact) mass is 424 g/mol. The predicted octanol–water partition coefficient (Wildman–Crippen LogP) is 4.46. The van der Waals surface area contributed by atoms with E-state index in [1.807, 2.05) is 41.3 Å². The van der Waals surface area contributed by atoms with Crippen LogP contribution in [-0.4, -0.2) is 61.1 Å². The molecule has 3 aromatic carbocycles. The van der Waals surface area contributed by atoms with Gasteiger partial charge in [0.2, 0.25) is 0 Å². The summed E-state index contributed by atoms with van der Waals surface area (Å²) in [6.45, 7) is 4.88. The van der Waals surface area contributed by atoms with Crippen LogP contribution in [0.3, 0.4) is 0 Å². The van der Waals surface area contributed by atoms with Gasteiger partial charge in [0, 0.05) is 42.8 Å². The number of likely N-dealkylation sites (tertiary alicyclic amines) is 1. The molecule has 2 aliphatic heterocycles. The lowest BCUT2D eigenvalue weighted by atomic mass is 9.93. The molecular weight excluding hydrogens is 403 g/mol. The molecule has 0 aromatic heterocycles. The summed E-state index contributed by atoms with van der Waals surface area (Å²) in [4.78, 5) is 17.5. The van der Waals surface area contributed by atoms with Crippen LogP contribution < -0.4 is 0 Å². The van der Waals surface area contributed by atoms with E-state index >= 15 is 0 Å². The van der Waals surface area contributed by atoms with Gasteiger partial charge in [-0.3, -0.25) is 9.69 Å². The summed E-state index contributed by atoms with van der Waals surface area (Å²) in [6.07, 6.45) is 0. The first-order valence-electron chi connectivity index (χ1n) is 10.2. The summed E-state index contributed by atoms with van der Waals surface area (Å²) in [7, 11) is 0. The first-order valence-corrected chi connectivity index (χ1v) is 10.6. The molecule has 2 aliphatic rings. The zero-order chi connectivity index (χ0) is 20.7. The Morgan fingerprint density at radius 1 is 1.00 bits per heavy atom. The largest absolute Gasteiger partial charge is 0.379 e. The van der Waals surface area contributed by atoms with Gasteiger partial charge in [-0.2, -0.15) is 0 Å². The maximum atomic E-state index is 13.9. The zero-order valence-electron chi connectivity index (χ0n) is 16.5. The number of fused-ring (bicyclic) bond motifs is 1. The van der Waals surface area contributed by atoms with Crippen molar-refractivity contribution >= 4 is 28.3 Å². The number of hydrogen-bond donors (Lipinski definition) is 0. The maximum Gasteiger partial charge on any atom is 0.254 e. The Morgan fingerprint density at radius 3 is 2.47 bits per heavy atom. The van der Waals surface area contributed by atoms with Crippen molar-refractivity contribution < 1.29 is 13.9 Å². The summed E-state index contributed by atoms with van der Waals surface area (Å²) in [6, 6.07) is 16.4. The topological polar surface area (TPSA) is 32.8 Å². The molecule has 5 rings (SSSR count). The Balaban J connectivity index is 1.44. The molecule has 1 amide bonds. The van der Waals surface area contributed by atoms with Crippen molar-refractivity contribution in [3.05, 3.63) is 71.0 Å². The van der Waals surface area contributed by atoms with E-state index in [-0.39, 0.29) is 11.7 Å². The number of benzene rings is 3. The fourth-order valence-corrected chi connectivity index (χ4v) is 4.63. The van der Waals surface area contributed by atoms with E-state index in [0.717, 1.165) is 55.7 Å². The molecule has 4 nitrogen and oxygen atoms in total. The van der Waals surface area contributed by atoms with Crippen LogP contribution in [0.25, 0.3) is 21.9 Å². The summed E-state index contributed by atoms with van der Waals surface area (Å²) < 4.78 is 19.3. The zero-order valence-corrected chi connectivity index (χ0v) is 17.2. The number of nitrogens with zero attached hydrogens (tertiary/aromatic N) is 2. The molecular formula is C24H22ClFN2O2. The van der Waals surface area contributed by atoms with Crippen molar-refractivity contribution in [1.82, 2.24) is 9.80 Å². The molecule has 2 saturated heterocycles. The van der Waals surface area contributed by atoms with Crippen LogP contribution in [0.4, 0.5) is 4.39 Å². The van der Waals surface area contributed by atoms with Gasteiger partial charge in [0.05, 0.1) is 13.2 Å². The van der Waals surface area contributed by atoms with Gasteiger partial charge in [0.25, 0.3) is 5.91 Å². The molecule has 154 valence electrons. The van der Waals surface area contributed by atoms with Crippen LogP contribution in [0.1, 0.15) is 10.4 Å². The molecule has 0 N–H and O–H groups in total. The molecule has 0 bridgehead atoms. The van der Waals surface area contributed by atoms with E-state index in [0.29, 0.717) is 22.2 Å². The van der Waals surface area contributed by atoms with Gasteiger partial charge in [-0.25, -0.2) is 4.39 Å². The van der Waals surface area contributed by atoms with E-state index < -0.39 is 0 Å². The number of halogens is 2. The van der Waals surface area contributed by atoms with Gasteiger partial charge < -0.3 is 9.64 Å². The summed E-state index contributed by atoms with van der Waals surface area (Å²) in [5.41, 5.74) is 2.24. The van der Waals surface area contributed by atoms with Crippen molar-refractivity contribution in [2.45, 2.75) is 6.04 Å². The molecule has 2 fully saturated rings. The van der Waals surface area contributed by atoms with Crippen molar-refractivity contribution in [1.29, 1.82) is 0 Å². The first-order chi connectivity index (χ1) is 14.6. The average Bonchev–Trinajstić information content (AvgIpc) is 2.72. The van der Waals surface area contributed by atoms with E-state index in [9.17, 15) is 9.18 Å². The fourth-order valence-electron chi connectivity index (χ4n) is 4.41. The number of carbonyl (C=O) groups is 1. The van der Waals surface area contributed by atoms with Crippen molar-refractivity contribution in [2.24, 2.45) is 0 Å². The SMILES string of the molecule is O=C(c1ccc(-c2cc(F)cc(Cl)c2)c2ccccc12)N1CC(N2CCOCC2)C1. The molecule has 0 aliphatic carbocycles. The van der Waals surface area contributed by atoms with Crippen LogP contribution in [-0.2, 0) is 4.74 Å². The quantitative estimate of drug-likeness (QED) is 0.622. The Kier molecular flexibility index (Phi) is 5.19. The van der Waals surface area contributed by atoms with Crippen LogP contribution in [0.5, 0.6) is 0 Å². The minimum Gasteiger partial charge on any atom is -0.379 e. The van der Waals surface area contributed by atoms with Gasteiger partial charge in [-0.15, -0.1) is 0 Å². The highest BCUT2D eigenvalue weighted by atomic mass is 35.5. The minimum absolute atomic E-state index is 0.0412. The lowest BCUT2D eigenvalue weighted by Crippen LogP contribution is -2.62. The summed E-state index contributed by atoms with van der Waals surface area (Å²) in [5, 5.41) is 2.13. The third-order valence-electron chi connectivity index (χ3n) is 6.04. The van der Waals surface area contributed by atoms with E-state index in [1.54, 1.807) is 6.07 Å². The van der Waals surface area contributed by atoms with Crippen LogP contribution in [0.15, 0.2) is 54.6 Å². The Hall–Kier alpha value is -2.47. The lowest BCUT2D eigenvalue weighted by Gasteiger charge is -2.46. The van der Waals surface area contributed by atoms with Crippen LogP contribution >= 0.6 is 11.6 Å². The highest BCUT2D eigenvalue weighted by Crippen LogP contribution is 2.34. The molecule has 0 radical (unpaired) electrons. The number of ether oxygens (including phenoxy) is 1. The lowest BCUT2D eigenvalue weighted by molar-refractivity contribution is -0.0255. The second kappa shape index (κ2) is 7.99. The number of amides is 1. The third-order valence-corrected chi connectivity index (χ3v) is 6.26. The normalized spacial score (nSPS) is 17.9. The molecule has 2 heterocycles. The van der Waals surface area contributed by atoms with Gasteiger partial charge in [-0.05, 0) is 46.2 Å². The summed E-state index contributed by atoms with van der Waals surface area (Å²) >= 11 is 6.07. The maximum absolute atomic E-state index is 13.9. The number of rotatable bonds is 3. The van der Waals surface area contributed by atoms with Crippen LogP contribution in [0.2, 0.25) is 5.02 Å². The second-order valence-electron chi connectivity index (χ2n) is 7.88. The molecule has 0 atom stereocenters. The van der Waals surface area contributed by atoms with E-state index in [2.05, 4.69) is 4.90 Å². The standard InChI is InChI=1S/C24H22ClFN2O2/c25-17-11-16(12-18(26)13-17)20-5-6-23(22-4-2-1-3-21(20)22)24(29)28-14-19(15-28)27-7-9-30-10-8-27/h1-6,11-13,19H,7-10,14-15H2. The summed E-state index contributed by atoms with van der Waals surface area (Å²) in [5.74, 6) is -0.337. The highest BCUT2D eigenvalue weighted by Gasteiger charge is 2.36. The predicted molar refractivity (Wildman–Crippen MR) is 116 cm³/mol. The molecule has 0 saturated carbocycles. The smallest absolute Gasteiger partial charge is 0.254 e. The minimum atomic E-state index is -0.378. The molecule has 30 heavy (non-hydrogen) atoms. The van der Waals surface area contributed by atoms with Crippen molar-refractivity contribution in [3.63, 3.8) is 0 Å². The Labute approximate surface area is 179 Å². The van der Waals surface area contributed by atoms with Gasteiger partial charge >= 0.3 is 0 Å². The third kappa shape index (κ3) is 3.58. The van der Waals surface area contributed by atoms with Gasteiger partial charge in [0.15, 0.2) is 0 Å². The second-order valence-corrected chi connectivity index (χ2v) is 8.31.